The highest BCUT2D eigenvalue weighted by Gasteiger charge is 2.88. The van der Waals surface area contributed by atoms with E-state index in [-0.39, 0.29) is 12.8 Å². The van der Waals surface area contributed by atoms with Crippen LogP contribution < -0.4 is 0 Å². The lowest BCUT2D eigenvalue weighted by atomic mass is 9.94. The van der Waals surface area contributed by atoms with E-state index in [0.29, 0.717) is 6.42 Å². The summed E-state index contributed by atoms with van der Waals surface area (Å²) >= 11 is 0. The third-order valence-corrected chi connectivity index (χ3v) is 4.19. The molecule has 0 amide bonds. The van der Waals surface area contributed by atoms with Gasteiger partial charge in [-0.2, -0.15) is 52.3 Å². The topological polar surface area (TPSA) is 54.4 Å². The first kappa shape index (κ1) is 24.2. The summed E-state index contributed by atoms with van der Waals surface area (Å²) in [5, 5.41) is -7.13. The Hall–Kier alpha value is -0.790. The van der Waals surface area contributed by atoms with Crippen LogP contribution in [0.2, 0.25) is 0 Å². The molecule has 0 aromatic carbocycles. The van der Waals surface area contributed by atoms with Crippen molar-refractivity contribution in [2.24, 2.45) is 0 Å². The lowest BCUT2D eigenvalue weighted by molar-refractivity contribution is -0.390. The predicted molar refractivity (Wildman–Crippen MR) is 65.0 cm³/mol. The van der Waals surface area contributed by atoms with Crippen LogP contribution in [0.4, 0.5) is 43.9 Å². The van der Waals surface area contributed by atoms with Gasteiger partial charge in [-0.25, -0.2) is 0 Å². The van der Waals surface area contributed by atoms with Gasteiger partial charge in [0.15, 0.2) is 0 Å². The molecule has 0 fully saturated rings. The van der Waals surface area contributed by atoms with Gasteiger partial charge in [0.2, 0.25) is 0 Å². The molecule has 1 N–H and O–H groups in total. The molecule has 0 radical (unpaired) electrons. The predicted octanol–water partition coefficient (Wildman–Crippen LogP) is 4.98. The highest BCUT2D eigenvalue weighted by molar-refractivity contribution is 7.87. The Bertz CT molecular complexity index is 558. The van der Waals surface area contributed by atoms with Gasteiger partial charge < -0.3 is 0 Å². The van der Waals surface area contributed by atoms with Crippen molar-refractivity contribution in [1.29, 1.82) is 0 Å². The van der Waals surface area contributed by atoms with E-state index in [2.05, 4.69) is 0 Å². The monoisotopic (exact) mass is 416 g/mol. The minimum Gasteiger partial charge on any atom is -0.281 e. The maximum atomic E-state index is 13.3. The van der Waals surface area contributed by atoms with Crippen LogP contribution in [-0.4, -0.2) is 41.9 Å². The molecule has 0 aliphatic carbocycles. The van der Waals surface area contributed by atoms with Crippen molar-refractivity contribution in [1.82, 2.24) is 0 Å². The standard InChI is InChI=1S/C11H14F10O3S/c1-2-3-4-5-6-7(12,13)8(14,15)9(16,17)10(18,19)11(20,21)25(22,23)24/h2-6H2,1H3,(H,22,23,24). The van der Waals surface area contributed by atoms with Crippen LogP contribution >= 0.6 is 0 Å². The van der Waals surface area contributed by atoms with E-state index in [0.717, 1.165) is 0 Å². The second-order valence-corrected chi connectivity index (χ2v) is 6.69. The molecule has 0 rings (SSSR count). The first-order valence-electron chi connectivity index (χ1n) is 6.67. The molecule has 0 spiro atoms. The molecule has 25 heavy (non-hydrogen) atoms. The van der Waals surface area contributed by atoms with Crippen LogP contribution in [-0.2, 0) is 10.1 Å². The maximum Gasteiger partial charge on any atom is 0.438 e. The van der Waals surface area contributed by atoms with Gasteiger partial charge in [0.25, 0.3) is 0 Å². The van der Waals surface area contributed by atoms with Crippen LogP contribution in [0, 0.1) is 0 Å². The molecule has 0 atom stereocenters. The third-order valence-electron chi connectivity index (χ3n) is 3.28. The molecule has 0 heterocycles. The van der Waals surface area contributed by atoms with E-state index in [1.54, 1.807) is 6.92 Å². The van der Waals surface area contributed by atoms with Gasteiger partial charge in [0, 0.05) is 6.42 Å². The Kier molecular flexibility index (Phi) is 6.86. The van der Waals surface area contributed by atoms with Crippen LogP contribution in [0.1, 0.15) is 39.0 Å². The second kappa shape index (κ2) is 7.08. The maximum absolute atomic E-state index is 13.3. The summed E-state index contributed by atoms with van der Waals surface area (Å²) in [4.78, 5) is 0. The van der Waals surface area contributed by atoms with E-state index < -0.39 is 51.9 Å². The molecule has 3 nitrogen and oxygen atoms in total. The summed E-state index contributed by atoms with van der Waals surface area (Å²) in [5.74, 6) is -27.9. The molecular weight excluding hydrogens is 402 g/mol. The lowest BCUT2D eigenvalue weighted by Crippen LogP contribution is -2.68. The highest BCUT2D eigenvalue weighted by Crippen LogP contribution is 2.58. The van der Waals surface area contributed by atoms with Crippen molar-refractivity contribution in [3.8, 4) is 0 Å². The smallest absolute Gasteiger partial charge is 0.281 e. The molecule has 0 aromatic heterocycles. The molecular formula is C11H14F10O3S. The molecule has 0 aliphatic heterocycles. The Labute approximate surface area is 136 Å². The zero-order valence-corrected chi connectivity index (χ0v) is 13.3. The largest absolute Gasteiger partial charge is 0.438 e. The molecule has 0 aromatic rings. The Morgan fingerprint density at radius 1 is 0.720 bits per heavy atom. The van der Waals surface area contributed by atoms with Gasteiger partial charge in [0.1, 0.15) is 0 Å². The molecule has 152 valence electrons. The van der Waals surface area contributed by atoms with Gasteiger partial charge in [-0.3, -0.25) is 4.55 Å². The zero-order valence-electron chi connectivity index (χ0n) is 12.5. The van der Waals surface area contributed by atoms with E-state index in [1.165, 1.54) is 0 Å². The molecule has 0 bridgehead atoms. The Morgan fingerprint density at radius 3 is 1.52 bits per heavy atom. The summed E-state index contributed by atoms with van der Waals surface area (Å²) in [7, 11) is -7.31. The lowest BCUT2D eigenvalue weighted by Gasteiger charge is -2.38. The number of unbranched alkanes of at least 4 members (excludes halogenated alkanes) is 3. The van der Waals surface area contributed by atoms with E-state index in [9.17, 15) is 52.3 Å². The minimum atomic E-state index is -7.52. The second-order valence-electron chi connectivity index (χ2n) is 5.23. The summed E-state index contributed by atoms with van der Waals surface area (Å²) in [6.07, 6.45) is -2.31. The van der Waals surface area contributed by atoms with Gasteiger partial charge in [-0.1, -0.05) is 26.2 Å². The SMILES string of the molecule is CCCCCCC(F)(F)C(F)(F)C(F)(F)C(F)(F)C(F)(F)S(=O)(=O)O. The summed E-state index contributed by atoms with van der Waals surface area (Å²) in [6.45, 7) is 1.58. The van der Waals surface area contributed by atoms with Crippen molar-refractivity contribution < 1.29 is 56.9 Å². The molecule has 0 aliphatic rings. The highest BCUT2D eigenvalue weighted by atomic mass is 32.2. The van der Waals surface area contributed by atoms with E-state index >= 15 is 0 Å². The van der Waals surface area contributed by atoms with Crippen molar-refractivity contribution >= 4 is 10.1 Å². The minimum absolute atomic E-state index is 0.148. The first-order valence-corrected chi connectivity index (χ1v) is 8.11. The quantitative estimate of drug-likeness (QED) is 0.311. The normalized spacial score (nSPS) is 15.5. The fraction of sp³-hybridized carbons (Fsp3) is 1.00. The Balaban J connectivity index is 5.87. The average molecular weight is 416 g/mol. The van der Waals surface area contributed by atoms with E-state index in [4.69, 9.17) is 4.55 Å². The van der Waals surface area contributed by atoms with Gasteiger partial charge in [-0.05, 0) is 6.42 Å². The fourth-order valence-corrected chi connectivity index (χ4v) is 2.15. The number of halogens is 10. The number of rotatable bonds is 10. The third kappa shape index (κ3) is 3.98. The van der Waals surface area contributed by atoms with Crippen LogP contribution in [0.3, 0.4) is 0 Å². The van der Waals surface area contributed by atoms with Crippen LogP contribution in [0.25, 0.3) is 0 Å². The molecule has 0 saturated heterocycles. The van der Waals surface area contributed by atoms with Gasteiger partial charge in [-0.15, -0.1) is 0 Å². The van der Waals surface area contributed by atoms with E-state index in [1.807, 2.05) is 0 Å². The van der Waals surface area contributed by atoms with Crippen molar-refractivity contribution in [2.75, 3.05) is 0 Å². The van der Waals surface area contributed by atoms with Crippen molar-refractivity contribution in [3.05, 3.63) is 0 Å². The summed E-state index contributed by atoms with van der Waals surface area (Å²) in [6, 6.07) is 0. The van der Waals surface area contributed by atoms with Gasteiger partial charge in [0.05, 0.1) is 0 Å². The Morgan fingerprint density at radius 2 is 1.16 bits per heavy atom. The summed E-state index contributed by atoms with van der Waals surface area (Å²) < 4.78 is 160. The fourth-order valence-electron chi connectivity index (χ4n) is 1.70. The molecule has 0 saturated carbocycles. The number of hydrogen-bond acceptors (Lipinski definition) is 2. The molecule has 0 unspecified atom stereocenters. The van der Waals surface area contributed by atoms with Crippen molar-refractivity contribution in [2.45, 2.75) is 68.0 Å². The van der Waals surface area contributed by atoms with Crippen LogP contribution in [0.15, 0.2) is 0 Å². The molecule has 14 heteroatoms. The van der Waals surface area contributed by atoms with Gasteiger partial charge >= 0.3 is 39.1 Å². The average Bonchev–Trinajstić information content (AvgIpc) is 2.41. The first-order chi connectivity index (χ1) is 10.8. The van der Waals surface area contributed by atoms with Crippen LogP contribution in [0.5, 0.6) is 0 Å². The summed E-state index contributed by atoms with van der Waals surface area (Å²) in [5.41, 5.74) is 0. The zero-order chi connectivity index (χ0) is 20.5. The van der Waals surface area contributed by atoms with Crippen molar-refractivity contribution in [3.63, 3.8) is 0 Å². The number of hydrogen-bond donors (Lipinski definition) is 1. The number of alkyl halides is 10.